The molecule has 1 heterocycles. The fourth-order valence-electron chi connectivity index (χ4n) is 2.71. The highest BCUT2D eigenvalue weighted by Gasteiger charge is 2.04. The first kappa shape index (κ1) is 16.6. The van der Waals surface area contributed by atoms with E-state index in [-0.39, 0.29) is 0 Å². The Morgan fingerprint density at radius 2 is 1.52 bits per heavy atom. The third-order valence-corrected chi connectivity index (χ3v) is 4.47. The Hall–Kier alpha value is -1.22. The van der Waals surface area contributed by atoms with Crippen molar-refractivity contribution in [3.63, 3.8) is 0 Å². The Morgan fingerprint density at radius 3 is 2.30 bits per heavy atom. The third kappa shape index (κ3) is 4.63. The standard InChI is InChI=1S/C18H17Cl3N2/c19-13-6-7-16-17(11-13)23-18(22-16)5-3-1-2-4-12-8-14(20)10-15(21)9-12/h6-11H,1-5H2,(H,22,23). The molecule has 0 aliphatic carbocycles. The zero-order valence-corrected chi connectivity index (χ0v) is 14.8. The van der Waals surface area contributed by atoms with Gasteiger partial charge in [0.2, 0.25) is 0 Å². The predicted molar refractivity (Wildman–Crippen MR) is 98.8 cm³/mol. The number of benzene rings is 2. The molecule has 0 radical (unpaired) electrons. The molecule has 0 aliphatic heterocycles. The second kappa shape index (κ2) is 7.57. The number of halogens is 3. The van der Waals surface area contributed by atoms with E-state index in [0.717, 1.165) is 54.0 Å². The molecule has 0 bridgehead atoms. The zero-order valence-electron chi connectivity index (χ0n) is 12.6. The van der Waals surface area contributed by atoms with E-state index >= 15 is 0 Å². The van der Waals surface area contributed by atoms with Crippen molar-refractivity contribution >= 4 is 45.8 Å². The number of rotatable bonds is 6. The molecule has 3 rings (SSSR count). The number of imidazole rings is 1. The molecular formula is C18H17Cl3N2. The van der Waals surface area contributed by atoms with E-state index < -0.39 is 0 Å². The molecule has 3 aromatic rings. The van der Waals surface area contributed by atoms with Crippen LogP contribution in [-0.2, 0) is 12.8 Å². The number of aromatic nitrogens is 2. The molecule has 0 amide bonds. The molecule has 0 spiro atoms. The first-order valence-corrected chi connectivity index (χ1v) is 8.83. The second-order valence-electron chi connectivity index (χ2n) is 5.68. The lowest BCUT2D eigenvalue weighted by Crippen LogP contribution is -1.91. The normalized spacial score (nSPS) is 11.3. The minimum atomic E-state index is 0.702. The lowest BCUT2D eigenvalue weighted by atomic mass is 10.1. The van der Waals surface area contributed by atoms with Gasteiger partial charge >= 0.3 is 0 Å². The fraction of sp³-hybridized carbons (Fsp3) is 0.278. The van der Waals surface area contributed by atoms with Crippen LogP contribution >= 0.6 is 34.8 Å². The van der Waals surface area contributed by atoms with Crippen LogP contribution in [0, 0.1) is 0 Å². The van der Waals surface area contributed by atoms with Crippen LogP contribution in [0.4, 0.5) is 0 Å². The molecule has 0 fully saturated rings. The van der Waals surface area contributed by atoms with Gasteiger partial charge < -0.3 is 4.98 Å². The highest BCUT2D eigenvalue weighted by atomic mass is 35.5. The summed E-state index contributed by atoms with van der Waals surface area (Å²) in [5, 5.41) is 2.13. The van der Waals surface area contributed by atoms with Crippen LogP contribution in [0.5, 0.6) is 0 Å². The van der Waals surface area contributed by atoms with E-state index in [1.54, 1.807) is 6.07 Å². The van der Waals surface area contributed by atoms with E-state index in [4.69, 9.17) is 34.8 Å². The summed E-state index contributed by atoms with van der Waals surface area (Å²) < 4.78 is 0. The molecule has 2 nitrogen and oxygen atoms in total. The van der Waals surface area contributed by atoms with E-state index in [1.165, 1.54) is 5.56 Å². The maximum absolute atomic E-state index is 6.01. The molecule has 23 heavy (non-hydrogen) atoms. The van der Waals surface area contributed by atoms with Crippen molar-refractivity contribution in [1.29, 1.82) is 0 Å². The van der Waals surface area contributed by atoms with Crippen molar-refractivity contribution in [2.24, 2.45) is 0 Å². The molecule has 120 valence electrons. The molecule has 0 saturated heterocycles. The Labute approximate surface area is 150 Å². The van der Waals surface area contributed by atoms with E-state index in [1.807, 2.05) is 30.3 Å². The lowest BCUT2D eigenvalue weighted by molar-refractivity contribution is 0.666. The molecular weight excluding hydrogens is 351 g/mol. The van der Waals surface area contributed by atoms with Crippen molar-refractivity contribution in [2.45, 2.75) is 32.1 Å². The van der Waals surface area contributed by atoms with Gasteiger partial charge in [-0.1, -0.05) is 41.2 Å². The quantitative estimate of drug-likeness (QED) is 0.496. The average molecular weight is 368 g/mol. The molecule has 0 saturated carbocycles. The van der Waals surface area contributed by atoms with E-state index in [9.17, 15) is 0 Å². The van der Waals surface area contributed by atoms with Gasteiger partial charge in [-0.3, -0.25) is 0 Å². The smallest absolute Gasteiger partial charge is 0.107 e. The van der Waals surface area contributed by atoms with Crippen molar-refractivity contribution in [3.05, 3.63) is 62.9 Å². The number of unbranched alkanes of at least 4 members (excludes halogenated alkanes) is 2. The molecule has 0 aliphatic rings. The molecule has 0 unspecified atom stereocenters. The fourth-order valence-corrected chi connectivity index (χ4v) is 3.45. The minimum absolute atomic E-state index is 0.702. The van der Waals surface area contributed by atoms with Gasteiger partial charge in [-0.15, -0.1) is 0 Å². The zero-order chi connectivity index (χ0) is 16.2. The lowest BCUT2D eigenvalue weighted by Gasteiger charge is -2.03. The largest absolute Gasteiger partial charge is 0.342 e. The van der Waals surface area contributed by atoms with Crippen LogP contribution in [0.3, 0.4) is 0 Å². The molecule has 1 N–H and O–H groups in total. The maximum atomic E-state index is 6.01. The van der Waals surface area contributed by atoms with Crippen LogP contribution in [0.15, 0.2) is 36.4 Å². The minimum Gasteiger partial charge on any atom is -0.342 e. The number of hydrogen-bond donors (Lipinski definition) is 1. The summed E-state index contributed by atoms with van der Waals surface area (Å²) in [6.45, 7) is 0. The summed E-state index contributed by atoms with van der Waals surface area (Å²) in [7, 11) is 0. The number of nitrogens with one attached hydrogen (secondary N) is 1. The van der Waals surface area contributed by atoms with Gasteiger partial charge in [0.1, 0.15) is 5.82 Å². The Kier molecular flexibility index (Phi) is 5.47. The van der Waals surface area contributed by atoms with Gasteiger partial charge in [0.25, 0.3) is 0 Å². The van der Waals surface area contributed by atoms with E-state index in [2.05, 4.69) is 9.97 Å². The number of H-pyrrole nitrogens is 1. The number of fused-ring (bicyclic) bond motifs is 1. The SMILES string of the molecule is Clc1cc(Cl)cc(CCCCCc2nc3ccc(Cl)cc3[nH]2)c1. The number of aromatic amines is 1. The molecule has 1 aromatic heterocycles. The highest BCUT2D eigenvalue weighted by Crippen LogP contribution is 2.21. The van der Waals surface area contributed by atoms with Gasteiger partial charge in [-0.05, 0) is 61.2 Å². The van der Waals surface area contributed by atoms with Crippen LogP contribution < -0.4 is 0 Å². The van der Waals surface area contributed by atoms with Gasteiger partial charge in [-0.25, -0.2) is 4.98 Å². The van der Waals surface area contributed by atoms with Crippen molar-refractivity contribution in [3.8, 4) is 0 Å². The summed E-state index contributed by atoms with van der Waals surface area (Å²) in [6.07, 6.45) is 5.30. The van der Waals surface area contributed by atoms with Crippen molar-refractivity contribution in [2.75, 3.05) is 0 Å². The Morgan fingerprint density at radius 1 is 0.783 bits per heavy atom. The van der Waals surface area contributed by atoms with Crippen molar-refractivity contribution < 1.29 is 0 Å². The van der Waals surface area contributed by atoms with Crippen LogP contribution in [0.25, 0.3) is 11.0 Å². The number of hydrogen-bond acceptors (Lipinski definition) is 1. The Balaban J connectivity index is 1.47. The second-order valence-corrected chi connectivity index (χ2v) is 6.99. The molecule has 0 atom stereocenters. The van der Waals surface area contributed by atoms with Crippen LogP contribution in [0.2, 0.25) is 15.1 Å². The van der Waals surface area contributed by atoms with Gasteiger partial charge in [0, 0.05) is 21.5 Å². The summed E-state index contributed by atoms with van der Waals surface area (Å²) >= 11 is 18.0. The highest BCUT2D eigenvalue weighted by molar-refractivity contribution is 6.34. The number of nitrogens with zero attached hydrogens (tertiary/aromatic N) is 1. The summed E-state index contributed by atoms with van der Waals surface area (Å²) in [5.74, 6) is 1.02. The Bertz CT molecular complexity index is 791. The predicted octanol–water partition coefficient (Wildman–Crippen LogP) is 6.48. The van der Waals surface area contributed by atoms with Gasteiger partial charge in [0.15, 0.2) is 0 Å². The maximum Gasteiger partial charge on any atom is 0.107 e. The average Bonchev–Trinajstić information content (AvgIpc) is 2.87. The third-order valence-electron chi connectivity index (χ3n) is 3.79. The van der Waals surface area contributed by atoms with Crippen LogP contribution in [0.1, 0.15) is 30.7 Å². The molecule has 5 heteroatoms. The van der Waals surface area contributed by atoms with Gasteiger partial charge in [-0.2, -0.15) is 0 Å². The van der Waals surface area contributed by atoms with Crippen molar-refractivity contribution in [1.82, 2.24) is 9.97 Å². The van der Waals surface area contributed by atoms with Crippen LogP contribution in [-0.4, -0.2) is 9.97 Å². The van der Waals surface area contributed by atoms with Gasteiger partial charge in [0.05, 0.1) is 11.0 Å². The number of aryl methyl sites for hydroxylation is 2. The summed E-state index contributed by atoms with van der Waals surface area (Å²) in [4.78, 5) is 7.91. The first-order valence-electron chi connectivity index (χ1n) is 7.69. The summed E-state index contributed by atoms with van der Waals surface area (Å²) in [6, 6.07) is 11.5. The summed E-state index contributed by atoms with van der Waals surface area (Å²) in [5.41, 5.74) is 3.17. The topological polar surface area (TPSA) is 28.7 Å². The monoisotopic (exact) mass is 366 g/mol. The van der Waals surface area contributed by atoms with E-state index in [0.29, 0.717) is 10.0 Å². The first-order chi connectivity index (χ1) is 11.1. The molecule has 2 aromatic carbocycles.